The maximum Gasteiger partial charge on any atom is 0.0444 e. The minimum atomic E-state index is 0.793. The molecule has 0 N–H and O–H groups in total. The molecule has 74 valence electrons. The molecule has 0 atom stereocenters. The second kappa shape index (κ2) is 4.47. The van der Waals surface area contributed by atoms with Crippen LogP contribution in [0.5, 0.6) is 0 Å². The van der Waals surface area contributed by atoms with Gasteiger partial charge in [-0.05, 0) is 31.9 Å². The Hall–Kier alpha value is -1.01. The minimum Gasteiger partial charge on any atom is -0.0955 e. The fraction of sp³-hybridized carbons (Fsp3) is 0.231. The van der Waals surface area contributed by atoms with E-state index >= 15 is 0 Å². The zero-order valence-corrected chi connectivity index (χ0v) is 9.65. The Morgan fingerprint density at radius 3 is 2.57 bits per heavy atom. The second-order valence-corrected chi connectivity index (χ2v) is 3.82. The molecule has 1 aromatic rings. The third kappa shape index (κ3) is 2.08. The summed E-state index contributed by atoms with van der Waals surface area (Å²) in [6.07, 6.45) is 1.91. The average molecular weight is 207 g/mol. The molecule has 0 heterocycles. The van der Waals surface area contributed by atoms with E-state index in [0.29, 0.717) is 0 Å². The van der Waals surface area contributed by atoms with Crippen molar-refractivity contribution in [3.05, 3.63) is 47.5 Å². The van der Waals surface area contributed by atoms with E-state index in [2.05, 4.69) is 25.6 Å². The summed E-state index contributed by atoms with van der Waals surface area (Å²) in [5.41, 5.74) is 4.47. The molecule has 0 unspecified atom stereocenters. The highest BCUT2D eigenvalue weighted by atomic mass is 35.5. The van der Waals surface area contributed by atoms with Crippen LogP contribution in [-0.4, -0.2) is 0 Å². The van der Waals surface area contributed by atoms with Crippen LogP contribution < -0.4 is 0 Å². The average Bonchev–Trinajstić information content (AvgIpc) is 2.16. The molecule has 14 heavy (non-hydrogen) atoms. The number of aryl methyl sites for hydroxylation is 1. The van der Waals surface area contributed by atoms with Crippen molar-refractivity contribution in [2.24, 2.45) is 0 Å². The van der Waals surface area contributed by atoms with Crippen molar-refractivity contribution in [1.29, 1.82) is 0 Å². The predicted octanol–water partition coefficient (Wildman–Crippen LogP) is 4.63. The molecule has 1 rings (SSSR count). The summed E-state index contributed by atoms with van der Waals surface area (Å²) in [4.78, 5) is 0. The molecule has 0 aromatic heterocycles. The quantitative estimate of drug-likeness (QED) is 0.662. The fourth-order valence-corrected chi connectivity index (χ4v) is 1.74. The molecule has 0 radical (unpaired) electrons. The molecule has 0 aliphatic carbocycles. The molecule has 0 aliphatic heterocycles. The van der Waals surface area contributed by atoms with E-state index in [9.17, 15) is 0 Å². The summed E-state index contributed by atoms with van der Waals surface area (Å²) in [6, 6.07) is 6.15. The Balaban J connectivity index is 3.45. The molecule has 0 aliphatic rings. The van der Waals surface area contributed by atoms with Crippen LogP contribution in [0, 0.1) is 6.92 Å². The van der Waals surface area contributed by atoms with E-state index in [0.717, 1.165) is 21.7 Å². The van der Waals surface area contributed by atoms with Gasteiger partial charge in [-0.25, -0.2) is 0 Å². The maximum absolute atomic E-state index is 6.17. The SMILES string of the molecule is C=C(C)c1cccc(C)c1/C(Cl)=C\C. The third-order valence-electron chi connectivity index (χ3n) is 2.22. The number of halogens is 1. The van der Waals surface area contributed by atoms with Gasteiger partial charge in [0.05, 0.1) is 0 Å². The van der Waals surface area contributed by atoms with Crippen LogP contribution in [0.3, 0.4) is 0 Å². The third-order valence-corrected chi connectivity index (χ3v) is 2.63. The van der Waals surface area contributed by atoms with Crippen LogP contribution in [0.25, 0.3) is 10.6 Å². The van der Waals surface area contributed by atoms with Crippen LogP contribution in [-0.2, 0) is 0 Å². The lowest BCUT2D eigenvalue weighted by Crippen LogP contribution is -1.91. The topological polar surface area (TPSA) is 0 Å². The zero-order chi connectivity index (χ0) is 10.7. The Morgan fingerprint density at radius 1 is 1.43 bits per heavy atom. The molecule has 0 amide bonds. The maximum atomic E-state index is 6.17. The van der Waals surface area contributed by atoms with Gasteiger partial charge in [-0.1, -0.05) is 48.0 Å². The number of rotatable bonds is 2. The van der Waals surface area contributed by atoms with E-state index in [4.69, 9.17) is 11.6 Å². The molecule has 0 spiro atoms. The first-order valence-electron chi connectivity index (χ1n) is 4.65. The molecular formula is C13H15Cl. The summed E-state index contributed by atoms with van der Waals surface area (Å²) >= 11 is 6.17. The van der Waals surface area contributed by atoms with Crippen LogP contribution in [0.15, 0.2) is 30.9 Å². The second-order valence-electron chi connectivity index (χ2n) is 3.41. The molecule has 1 aromatic carbocycles. The largest absolute Gasteiger partial charge is 0.0955 e. The zero-order valence-electron chi connectivity index (χ0n) is 8.89. The van der Waals surface area contributed by atoms with E-state index in [1.807, 2.05) is 26.0 Å². The summed E-state index contributed by atoms with van der Waals surface area (Å²) in [6.45, 7) is 9.96. The van der Waals surface area contributed by atoms with E-state index in [1.54, 1.807) is 0 Å². The van der Waals surface area contributed by atoms with Crippen LogP contribution >= 0.6 is 11.6 Å². The first-order chi connectivity index (χ1) is 6.57. The van der Waals surface area contributed by atoms with E-state index < -0.39 is 0 Å². The standard InChI is InChI=1S/C13H15Cl/c1-5-12(14)13-10(4)7-6-8-11(13)9(2)3/h5-8H,2H2,1,3-4H3/b12-5+. The van der Waals surface area contributed by atoms with Gasteiger partial charge in [-0.3, -0.25) is 0 Å². The van der Waals surface area contributed by atoms with E-state index in [1.165, 1.54) is 5.56 Å². The van der Waals surface area contributed by atoms with Crippen molar-refractivity contribution in [2.75, 3.05) is 0 Å². The monoisotopic (exact) mass is 206 g/mol. The number of hydrogen-bond acceptors (Lipinski definition) is 0. The van der Waals surface area contributed by atoms with Crippen LogP contribution in [0.4, 0.5) is 0 Å². The Kier molecular flexibility index (Phi) is 3.54. The lowest BCUT2D eigenvalue weighted by molar-refractivity contribution is 1.40. The minimum absolute atomic E-state index is 0.793. The number of benzene rings is 1. The first kappa shape index (κ1) is 11.1. The summed E-state index contributed by atoms with van der Waals surface area (Å²) < 4.78 is 0. The number of allylic oxidation sites excluding steroid dienone is 2. The van der Waals surface area contributed by atoms with Crippen LogP contribution in [0.2, 0.25) is 0 Å². The van der Waals surface area contributed by atoms with E-state index in [-0.39, 0.29) is 0 Å². The van der Waals surface area contributed by atoms with Crippen molar-refractivity contribution in [1.82, 2.24) is 0 Å². The molecular weight excluding hydrogens is 192 g/mol. The fourth-order valence-electron chi connectivity index (χ4n) is 1.48. The summed E-state index contributed by atoms with van der Waals surface area (Å²) in [5, 5.41) is 0.793. The van der Waals surface area contributed by atoms with Crippen molar-refractivity contribution in [2.45, 2.75) is 20.8 Å². The van der Waals surface area contributed by atoms with Crippen molar-refractivity contribution in [3.8, 4) is 0 Å². The molecule has 0 saturated heterocycles. The van der Waals surface area contributed by atoms with Gasteiger partial charge in [0.1, 0.15) is 0 Å². The lowest BCUT2D eigenvalue weighted by Gasteiger charge is -2.11. The normalized spacial score (nSPS) is 11.6. The van der Waals surface area contributed by atoms with Gasteiger partial charge in [-0.2, -0.15) is 0 Å². The molecule has 1 heteroatoms. The van der Waals surface area contributed by atoms with Crippen molar-refractivity contribution < 1.29 is 0 Å². The summed E-state index contributed by atoms with van der Waals surface area (Å²) in [5.74, 6) is 0. The Bertz CT molecular complexity index is 386. The molecule has 0 fully saturated rings. The Labute approximate surface area is 90.9 Å². The van der Waals surface area contributed by atoms with Crippen molar-refractivity contribution in [3.63, 3.8) is 0 Å². The van der Waals surface area contributed by atoms with Crippen molar-refractivity contribution >= 4 is 22.2 Å². The summed E-state index contributed by atoms with van der Waals surface area (Å²) in [7, 11) is 0. The Morgan fingerprint density at radius 2 is 2.07 bits per heavy atom. The predicted molar refractivity (Wildman–Crippen MR) is 65.4 cm³/mol. The molecule has 0 nitrogen and oxygen atoms in total. The molecule has 0 saturated carbocycles. The molecule has 0 bridgehead atoms. The van der Waals surface area contributed by atoms with Crippen LogP contribution in [0.1, 0.15) is 30.5 Å². The van der Waals surface area contributed by atoms with Gasteiger partial charge >= 0.3 is 0 Å². The first-order valence-corrected chi connectivity index (χ1v) is 5.03. The number of hydrogen-bond donors (Lipinski definition) is 0. The smallest absolute Gasteiger partial charge is 0.0444 e. The van der Waals surface area contributed by atoms with Gasteiger partial charge in [0, 0.05) is 10.6 Å². The van der Waals surface area contributed by atoms with Gasteiger partial charge in [0.25, 0.3) is 0 Å². The highest BCUT2D eigenvalue weighted by molar-refractivity contribution is 6.49. The van der Waals surface area contributed by atoms with Gasteiger partial charge < -0.3 is 0 Å². The van der Waals surface area contributed by atoms with Gasteiger partial charge in [0.2, 0.25) is 0 Å². The van der Waals surface area contributed by atoms with Gasteiger partial charge in [0.15, 0.2) is 0 Å². The van der Waals surface area contributed by atoms with Gasteiger partial charge in [-0.15, -0.1) is 0 Å². The highest BCUT2D eigenvalue weighted by Crippen LogP contribution is 2.29. The lowest BCUT2D eigenvalue weighted by atomic mass is 9.97. The highest BCUT2D eigenvalue weighted by Gasteiger charge is 2.08.